The van der Waals surface area contributed by atoms with E-state index in [0.29, 0.717) is 31.7 Å². The van der Waals surface area contributed by atoms with Crippen LogP contribution in [0.2, 0.25) is 0 Å². The summed E-state index contributed by atoms with van der Waals surface area (Å²) in [5, 5.41) is 11.2. The molecule has 1 N–H and O–H groups in total. The van der Waals surface area contributed by atoms with Gasteiger partial charge in [0.15, 0.2) is 5.69 Å². The Morgan fingerprint density at radius 3 is 2.66 bits per heavy atom. The third kappa shape index (κ3) is 4.39. The maximum Gasteiger partial charge on any atom is 0.273 e. The van der Waals surface area contributed by atoms with Crippen molar-refractivity contribution >= 4 is 11.8 Å². The lowest BCUT2D eigenvalue weighted by Crippen LogP contribution is -2.31. The summed E-state index contributed by atoms with van der Waals surface area (Å²) < 4.78 is 14.8. The first-order valence-electron chi connectivity index (χ1n) is 10.6. The molecule has 1 aliphatic rings. The van der Waals surface area contributed by atoms with Crippen LogP contribution >= 0.6 is 0 Å². The average molecular weight is 436 g/mol. The van der Waals surface area contributed by atoms with E-state index >= 15 is 0 Å². The van der Waals surface area contributed by atoms with E-state index in [1.165, 1.54) is 12.1 Å². The molecule has 0 radical (unpaired) electrons. The van der Waals surface area contributed by atoms with Crippen molar-refractivity contribution in [2.24, 2.45) is 5.92 Å². The van der Waals surface area contributed by atoms with Gasteiger partial charge in [0.1, 0.15) is 5.82 Å². The minimum Gasteiger partial charge on any atom is -0.350 e. The zero-order chi connectivity index (χ0) is 22.8. The SMILES string of the molecule is Cc1cccc(-n2nnc(C(=O)NCC3CC(=O)N(Cc4ccc(F)cc4)C3)c2C)c1C. The topological polar surface area (TPSA) is 80.1 Å². The lowest BCUT2D eigenvalue weighted by Gasteiger charge is -2.17. The second-order valence-corrected chi connectivity index (χ2v) is 8.34. The highest BCUT2D eigenvalue weighted by molar-refractivity contribution is 5.93. The minimum absolute atomic E-state index is 0.0151. The van der Waals surface area contributed by atoms with Crippen LogP contribution in [0, 0.1) is 32.5 Å². The van der Waals surface area contributed by atoms with Crippen LogP contribution < -0.4 is 5.32 Å². The summed E-state index contributed by atoms with van der Waals surface area (Å²) in [6, 6.07) is 12.1. The third-order valence-corrected chi connectivity index (χ3v) is 6.05. The molecule has 32 heavy (non-hydrogen) atoms. The second-order valence-electron chi connectivity index (χ2n) is 8.34. The molecule has 0 bridgehead atoms. The molecule has 0 saturated carbocycles. The summed E-state index contributed by atoms with van der Waals surface area (Å²) in [5.74, 6) is -0.553. The number of nitrogens with zero attached hydrogens (tertiary/aromatic N) is 4. The molecule has 2 amide bonds. The number of carbonyl (C=O) groups excluding carboxylic acids is 2. The number of aromatic nitrogens is 3. The van der Waals surface area contributed by atoms with E-state index in [-0.39, 0.29) is 29.2 Å². The monoisotopic (exact) mass is 435 g/mol. The molecule has 3 aromatic rings. The molecule has 0 aliphatic carbocycles. The quantitative estimate of drug-likeness (QED) is 0.645. The highest BCUT2D eigenvalue weighted by Crippen LogP contribution is 2.21. The van der Waals surface area contributed by atoms with Gasteiger partial charge in [-0.15, -0.1) is 5.10 Å². The number of benzene rings is 2. The summed E-state index contributed by atoms with van der Waals surface area (Å²) in [6.45, 7) is 7.22. The van der Waals surface area contributed by atoms with Crippen molar-refractivity contribution in [3.8, 4) is 5.69 Å². The Balaban J connectivity index is 1.37. The summed E-state index contributed by atoms with van der Waals surface area (Å²) in [4.78, 5) is 26.8. The second kappa shape index (κ2) is 8.90. The van der Waals surface area contributed by atoms with Gasteiger partial charge >= 0.3 is 0 Å². The molecule has 2 heterocycles. The number of nitrogens with one attached hydrogen (secondary N) is 1. The Morgan fingerprint density at radius 1 is 1.16 bits per heavy atom. The van der Waals surface area contributed by atoms with E-state index in [4.69, 9.17) is 0 Å². The fraction of sp³-hybridized carbons (Fsp3) is 0.333. The summed E-state index contributed by atoms with van der Waals surface area (Å²) >= 11 is 0. The Kier molecular flexibility index (Phi) is 6.03. The van der Waals surface area contributed by atoms with Crippen molar-refractivity contribution in [3.05, 3.63) is 76.4 Å². The van der Waals surface area contributed by atoms with E-state index in [1.54, 1.807) is 21.7 Å². The molecule has 4 rings (SSSR count). The van der Waals surface area contributed by atoms with Gasteiger partial charge in [-0.3, -0.25) is 9.59 Å². The number of hydrogen-bond donors (Lipinski definition) is 1. The van der Waals surface area contributed by atoms with E-state index in [2.05, 4.69) is 15.6 Å². The van der Waals surface area contributed by atoms with Gasteiger partial charge in [0, 0.05) is 32.0 Å². The molecule has 166 valence electrons. The normalized spacial score (nSPS) is 15.9. The van der Waals surface area contributed by atoms with Crippen LogP contribution in [-0.4, -0.2) is 44.8 Å². The Bertz CT molecular complexity index is 1160. The van der Waals surface area contributed by atoms with Gasteiger partial charge in [-0.25, -0.2) is 9.07 Å². The molecule has 1 atom stereocenters. The molecule has 1 aliphatic heterocycles. The van der Waals surface area contributed by atoms with E-state index < -0.39 is 0 Å². The predicted octanol–water partition coefficient (Wildman–Crippen LogP) is 3.11. The lowest BCUT2D eigenvalue weighted by molar-refractivity contribution is -0.128. The van der Waals surface area contributed by atoms with Crippen molar-refractivity contribution in [1.29, 1.82) is 0 Å². The number of rotatable bonds is 6. The molecule has 1 aromatic heterocycles. The third-order valence-electron chi connectivity index (χ3n) is 6.05. The van der Waals surface area contributed by atoms with Gasteiger partial charge in [0.2, 0.25) is 5.91 Å². The smallest absolute Gasteiger partial charge is 0.273 e. The number of likely N-dealkylation sites (tertiary alicyclic amines) is 1. The molecule has 2 aromatic carbocycles. The van der Waals surface area contributed by atoms with Crippen molar-refractivity contribution in [2.75, 3.05) is 13.1 Å². The van der Waals surface area contributed by atoms with Gasteiger partial charge in [0.05, 0.1) is 11.4 Å². The first-order valence-corrected chi connectivity index (χ1v) is 10.6. The van der Waals surface area contributed by atoms with E-state index in [0.717, 1.165) is 22.4 Å². The highest BCUT2D eigenvalue weighted by atomic mass is 19.1. The van der Waals surface area contributed by atoms with Gasteiger partial charge in [-0.2, -0.15) is 0 Å². The summed E-state index contributed by atoms with van der Waals surface area (Å²) in [7, 11) is 0. The summed E-state index contributed by atoms with van der Waals surface area (Å²) in [5.41, 5.74) is 4.93. The van der Waals surface area contributed by atoms with Crippen LogP contribution in [0.15, 0.2) is 42.5 Å². The molecule has 1 saturated heterocycles. The van der Waals surface area contributed by atoms with Crippen LogP contribution in [0.25, 0.3) is 5.69 Å². The molecule has 0 spiro atoms. The van der Waals surface area contributed by atoms with Crippen LogP contribution in [-0.2, 0) is 11.3 Å². The number of amides is 2. The standard InChI is InChI=1S/C24H26FN5O2/c1-15-5-4-6-21(16(15)2)30-17(3)23(27-28-30)24(32)26-12-19-11-22(31)29(14-19)13-18-7-9-20(25)10-8-18/h4-10,19H,11-14H2,1-3H3,(H,26,32). The van der Waals surface area contributed by atoms with Crippen molar-refractivity contribution in [3.63, 3.8) is 0 Å². The molecular formula is C24H26FN5O2. The zero-order valence-electron chi connectivity index (χ0n) is 18.4. The molecule has 1 unspecified atom stereocenters. The fourth-order valence-corrected chi connectivity index (χ4v) is 4.01. The Labute approximate surface area is 186 Å². The number of halogens is 1. The minimum atomic E-state index is -0.302. The molecular weight excluding hydrogens is 409 g/mol. The van der Waals surface area contributed by atoms with Crippen molar-refractivity contribution < 1.29 is 14.0 Å². The van der Waals surface area contributed by atoms with Crippen LogP contribution in [0.1, 0.15) is 39.3 Å². The number of carbonyl (C=O) groups is 2. The van der Waals surface area contributed by atoms with Crippen molar-refractivity contribution in [1.82, 2.24) is 25.2 Å². The number of hydrogen-bond acceptors (Lipinski definition) is 4. The van der Waals surface area contributed by atoms with Crippen LogP contribution in [0.3, 0.4) is 0 Å². The van der Waals surface area contributed by atoms with Crippen LogP contribution in [0.4, 0.5) is 4.39 Å². The molecule has 7 nitrogen and oxygen atoms in total. The van der Waals surface area contributed by atoms with Gasteiger partial charge < -0.3 is 10.2 Å². The molecule has 8 heteroatoms. The summed E-state index contributed by atoms with van der Waals surface area (Å²) in [6.07, 6.45) is 0.371. The highest BCUT2D eigenvalue weighted by Gasteiger charge is 2.30. The maximum absolute atomic E-state index is 13.1. The van der Waals surface area contributed by atoms with Gasteiger partial charge in [0.25, 0.3) is 5.91 Å². The van der Waals surface area contributed by atoms with Crippen molar-refractivity contribution in [2.45, 2.75) is 33.7 Å². The number of aryl methyl sites for hydroxylation is 1. The lowest BCUT2D eigenvalue weighted by atomic mass is 10.1. The molecule has 1 fully saturated rings. The Morgan fingerprint density at radius 2 is 1.91 bits per heavy atom. The largest absolute Gasteiger partial charge is 0.350 e. The van der Waals surface area contributed by atoms with E-state index in [9.17, 15) is 14.0 Å². The fourth-order valence-electron chi connectivity index (χ4n) is 4.01. The first kappa shape index (κ1) is 21.7. The van der Waals surface area contributed by atoms with Crippen LogP contribution in [0.5, 0.6) is 0 Å². The van der Waals surface area contributed by atoms with Gasteiger partial charge in [-0.1, -0.05) is 29.5 Å². The zero-order valence-corrected chi connectivity index (χ0v) is 18.4. The average Bonchev–Trinajstić information content (AvgIpc) is 3.32. The maximum atomic E-state index is 13.1. The van der Waals surface area contributed by atoms with Gasteiger partial charge in [-0.05, 0) is 55.7 Å². The van der Waals surface area contributed by atoms with E-state index in [1.807, 2.05) is 39.0 Å². The Hall–Kier alpha value is -3.55. The first-order chi connectivity index (χ1) is 15.3. The predicted molar refractivity (Wildman–Crippen MR) is 118 cm³/mol.